The molecular weight excluding hydrogens is 160 g/mol. The lowest BCUT2D eigenvalue weighted by Gasteiger charge is -2.10. The monoisotopic (exact) mass is 178 g/mol. The van der Waals surface area contributed by atoms with Crippen LogP contribution in [0.3, 0.4) is 0 Å². The van der Waals surface area contributed by atoms with Crippen LogP contribution in [0.2, 0.25) is 0 Å². The Labute approximate surface area is 72.5 Å². The quantitative estimate of drug-likeness (QED) is 0.525. The van der Waals surface area contributed by atoms with Gasteiger partial charge < -0.3 is 16.6 Å². The molecule has 0 heterocycles. The van der Waals surface area contributed by atoms with Crippen LogP contribution in [0, 0.1) is 0 Å². The molecule has 68 valence electrons. The van der Waals surface area contributed by atoms with Gasteiger partial charge >= 0.3 is 0 Å². The van der Waals surface area contributed by atoms with E-state index in [9.17, 15) is 0 Å². The summed E-state index contributed by atoms with van der Waals surface area (Å²) in [6.45, 7) is 2.40. The first-order valence-electron chi connectivity index (χ1n) is 3.92. The summed E-state index contributed by atoms with van der Waals surface area (Å²) in [6, 6.07) is 0.255. The normalized spacial score (nSPS) is 16.4. The molecule has 0 aromatic rings. The molecule has 2 unspecified atom stereocenters. The minimum atomic E-state index is -0.371. The third-order valence-corrected chi connectivity index (χ3v) is 2.72. The highest BCUT2D eigenvalue weighted by atomic mass is 32.2. The molecule has 0 aliphatic carbocycles. The van der Waals surface area contributed by atoms with Crippen LogP contribution in [-0.2, 0) is 0 Å². The highest BCUT2D eigenvalue weighted by molar-refractivity contribution is 7.99. The first-order chi connectivity index (χ1) is 5.20. The lowest BCUT2D eigenvalue weighted by Crippen LogP contribution is -2.25. The molecule has 0 saturated carbocycles. The van der Waals surface area contributed by atoms with Gasteiger partial charge in [0.05, 0.1) is 6.10 Å². The van der Waals surface area contributed by atoms with Crippen molar-refractivity contribution < 1.29 is 5.11 Å². The summed E-state index contributed by atoms with van der Waals surface area (Å²) < 4.78 is 0. The van der Waals surface area contributed by atoms with Crippen molar-refractivity contribution in [2.24, 2.45) is 11.5 Å². The largest absolute Gasteiger partial charge is 0.391 e. The number of nitrogens with two attached hydrogens (primary N) is 2. The maximum absolute atomic E-state index is 9.06. The molecule has 0 radical (unpaired) electrons. The van der Waals surface area contributed by atoms with Gasteiger partial charge in [0, 0.05) is 24.1 Å². The SMILES string of the molecule is CCC(N)CSCC(O)CN. The van der Waals surface area contributed by atoms with Crippen LogP contribution in [0.4, 0.5) is 0 Å². The van der Waals surface area contributed by atoms with E-state index >= 15 is 0 Å². The number of thioether (sulfide) groups is 1. The molecule has 0 saturated heterocycles. The summed E-state index contributed by atoms with van der Waals surface area (Å²) in [7, 11) is 0. The fraction of sp³-hybridized carbons (Fsp3) is 1.00. The molecule has 0 rings (SSSR count). The Morgan fingerprint density at radius 2 is 2.09 bits per heavy atom. The van der Waals surface area contributed by atoms with Gasteiger partial charge in [-0.2, -0.15) is 11.8 Å². The number of aliphatic hydroxyl groups excluding tert-OH is 1. The van der Waals surface area contributed by atoms with Gasteiger partial charge in [0.1, 0.15) is 0 Å². The van der Waals surface area contributed by atoms with Crippen LogP contribution in [0.15, 0.2) is 0 Å². The number of rotatable bonds is 6. The van der Waals surface area contributed by atoms with Crippen molar-refractivity contribution in [1.29, 1.82) is 0 Å². The molecule has 0 spiro atoms. The highest BCUT2D eigenvalue weighted by Crippen LogP contribution is 2.05. The molecule has 4 heteroatoms. The predicted molar refractivity (Wildman–Crippen MR) is 50.7 cm³/mol. The Balaban J connectivity index is 3.13. The summed E-state index contributed by atoms with van der Waals surface area (Å²) in [4.78, 5) is 0. The number of aliphatic hydroxyl groups is 1. The van der Waals surface area contributed by atoms with Crippen molar-refractivity contribution in [3.05, 3.63) is 0 Å². The second-order valence-corrected chi connectivity index (χ2v) is 3.67. The second-order valence-electron chi connectivity index (χ2n) is 2.60. The van der Waals surface area contributed by atoms with Gasteiger partial charge in [-0.15, -0.1) is 0 Å². The lowest BCUT2D eigenvalue weighted by molar-refractivity contribution is 0.208. The average molecular weight is 178 g/mol. The van der Waals surface area contributed by atoms with Gasteiger partial charge in [0.15, 0.2) is 0 Å². The van der Waals surface area contributed by atoms with Gasteiger partial charge in [0.25, 0.3) is 0 Å². The maximum Gasteiger partial charge on any atom is 0.0752 e. The van der Waals surface area contributed by atoms with E-state index in [-0.39, 0.29) is 12.1 Å². The van der Waals surface area contributed by atoms with Crippen molar-refractivity contribution in [3.8, 4) is 0 Å². The van der Waals surface area contributed by atoms with Crippen molar-refractivity contribution in [2.75, 3.05) is 18.1 Å². The first-order valence-corrected chi connectivity index (χ1v) is 5.07. The van der Waals surface area contributed by atoms with Crippen molar-refractivity contribution in [3.63, 3.8) is 0 Å². The lowest BCUT2D eigenvalue weighted by atomic mass is 10.3. The summed E-state index contributed by atoms with van der Waals surface area (Å²) in [6.07, 6.45) is 0.621. The molecular formula is C7H18N2OS. The van der Waals surface area contributed by atoms with Gasteiger partial charge in [0.2, 0.25) is 0 Å². The third kappa shape index (κ3) is 6.62. The molecule has 3 nitrogen and oxygen atoms in total. The summed E-state index contributed by atoms with van der Waals surface area (Å²) >= 11 is 1.66. The van der Waals surface area contributed by atoms with E-state index in [1.165, 1.54) is 0 Å². The summed E-state index contributed by atoms with van der Waals surface area (Å²) in [5.41, 5.74) is 10.9. The Hall–Kier alpha value is 0.230. The van der Waals surface area contributed by atoms with Crippen LogP contribution in [0.5, 0.6) is 0 Å². The van der Waals surface area contributed by atoms with Crippen LogP contribution in [0.1, 0.15) is 13.3 Å². The Morgan fingerprint density at radius 3 is 2.55 bits per heavy atom. The van der Waals surface area contributed by atoms with Crippen molar-refractivity contribution >= 4 is 11.8 Å². The molecule has 0 aromatic carbocycles. The third-order valence-electron chi connectivity index (χ3n) is 1.44. The van der Waals surface area contributed by atoms with E-state index in [1.54, 1.807) is 11.8 Å². The minimum absolute atomic E-state index is 0.255. The van der Waals surface area contributed by atoms with Crippen LogP contribution >= 0.6 is 11.8 Å². The molecule has 0 aliphatic rings. The number of hydrogen-bond donors (Lipinski definition) is 3. The molecule has 0 aliphatic heterocycles. The van der Waals surface area contributed by atoms with Gasteiger partial charge in [-0.25, -0.2) is 0 Å². The second kappa shape index (κ2) is 6.91. The molecule has 2 atom stereocenters. The van der Waals surface area contributed by atoms with Gasteiger partial charge in [-0.1, -0.05) is 6.92 Å². The topological polar surface area (TPSA) is 72.3 Å². The zero-order valence-corrected chi connectivity index (χ0v) is 7.81. The van der Waals surface area contributed by atoms with E-state index in [0.29, 0.717) is 12.3 Å². The molecule has 0 bridgehead atoms. The molecule has 0 aromatic heterocycles. The van der Waals surface area contributed by atoms with E-state index < -0.39 is 0 Å². The van der Waals surface area contributed by atoms with E-state index in [2.05, 4.69) is 6.92 Å². The molecule has 0 fully saturated rings. The average Bonchev–Trinajstić information content (AvgIpc) is 2.04. The zero-order chi connectivity index (χ0) is 8.69. The fourth-order valence-corrected chi connectivity index (χ4v) is 1.62. The summed E-state index contributed by atoms with van der Waals surface area (Å²) in [5.74, 6) is 1.61. The van der Waals surface area contributed by atoms with Crippen molar-refractivity contribution in [2.45, 2.75) is 25.5 Å². The van der Waals surface area contributed by atoms with E-state index in [4.69, 9.17) is 16.6 Å². The fourth-order valence-electron chi connectivity index (χ4n) is 0.541. The van der Waals surface area contributed by atoms with Crippen LogP contribution in [-0.4, -0.2) is 35.3 Å². The maximum atomic E-state index is 9.06. The van der Waals surface area contributed by atoms with E-state index in [1.807, 2.05) is 0 Å². The molecule has 0 amide bonds. The molecule has 5 N–H and O–H groups in total. The Bertz CT molecular complexity index is 82.5. The zero-order valence-electron chi connectivity index (χ0n) is 6.99. The Morgan fingerprint density at radius 1 is 1.45 bits per heavy atom. The van der Waals surface area contributed by atoms with Gasteiger partial charge in [-0.05, 0) is 6.42 Å². The van der Waals surface area contributed by atoms with Crippen molar-refractivity contribution in [1.82, 2.24) is 0 Å². The highest BCUT2D eigenvalue weighted by Gasteiger charge is 2.03. The van der Waals surface area contributed by atoms with E-state index in [0.717, 1.165) is 12.2 Å². The molecule has 11 heavy (non-hydrogen) atoms. The minimum Gasteiger partial charge on any atom is -0.391 e. The predicted octanol–water partition coefficient (Wildman–Crippen LogP) is -0.223. The van der Waals surface area contributed by atoms with Gasteiger partial charge in [-0.3, -0.25) is 0 Å². The summed E-state index contributed by atoms with van der Waals surface area (Å²) in [5, 5.41) is 9.06. The van der Waals surface area contributed by atoms with Crippen LogP contribution < -0.4 is 11.5 Å². The smallest absolute Gasteiger partial charge is 0.0752 e. The standard InChI is InChI=1S/C7H18N2OS/c1-2-6(9)4-11-5-7(10)3-8/h6-7,10H,2-5,8-9H2,1H3. The first kappa shape index (κ1) is 11.2. The Kier molecular flexibility index (Phi) is 7.06. The number of hydrogen-bond acceptors (Lipinski definition) is 4. The van der Waals surface area contributed by atoms with Crippen LogP contribution in [0.25, 0.3) is 0 Å².